The molecule has 1 fully saturated rings. The number of ether oxygens (including phenoxy) is 1. The highest BCUT2D eigenvalue weighted by Crippen LogP contribution is 2.20. The summed E-state index contributed by atoms with van der Waals surface area (Å²) in [6, 6.07) is -0.0412. The Morgan fingerprint density at radius 3 is 3.05 bits per heavy atom. The van der Waals surface area contributed by atoms with Gasteiger partial charge in [0.1, 0.15) is 12.7 Å². The van der Waals surface area contributed by atoms with Gasteiger partial charge in [0, 0.05) is 12.6 Å². The molecule has 112 valence electrons. The van der Waals surface area contributed by atoms with Gasteiger partial charge in [0.15, 0.2) is 0 Å². The van der Waals surface area contributed by atoms with E-state index in [2.05, 4.69) is 22.3 Å². The zero-order valence-electron chi connectivity index (χ0n) is 12.4. The molecule has 1 aromatic rings. The first-order valence-corrected chi connectivity index (χ1v) is 7.04. The van der Waals surface area contributed by atoms with E-state index in [1.807, 2.05) is 18.7 Å². The van der Waals surface area contributed by atoms with Gasteiger partial charge < -0.3 is 15.0 Å². The highest BCUT2D eigenvalue weighted by atomic mass is 16.5. The second kappa shape index (κ2) is 6.21. The van der Waals surface area contributed by atoms with Gasteiger partial charge in [-0.2, -0.15) is 5.10 Å². The smallest absolute Gasteiger partial charge is 0.317 e. The van der Waals surface area contributed by atoms with Crippen LogP contribution in [0.25, 0.3) is 0 Å². The molecule has 7 heteroatoms. The van der Waals surface area contributed by atoms with Crippen LogP contribution in [0.15, 0.2) is 12.7 Å². The van der Waals surface area contributed by atoms with Crippen LogP contribution in [-0.4, -0.2) is 57.0 Å². The van der Waals surface area contributed by atoms with E-state index in [9.17, 15) is 4.79 Å². The average molecular weight is 281 g/mol. The number of morpholine rings is 1. The summed E-state index contributed by atoms with van der Waals surface area (Å²) in [7, 11) is 0. The number of amides is 2. The number of carbonyl (C=O) groups excluding carboxylic acids is 1. The molecule has 1 aromatic heterocycles. The number of aromatic nitrogens is 3. The minimum atomic E-state index is -0.231. The summed E-state index contributed by atoms with van der Waals surface area (Å²) in [4.78, 5) is 18.0. The van der Waals surface area contributed by atoms with Gasteiger partial charge in [-0.1, -0.05) is 6.92 Å². The standard InChI is InChI=1S/C13H23N5O2/c1-4-13(3)8-17(5-6-20-13)12(19)16-11(2)7-18-10-14-9-15-18/h9-11H,4-8H2,1-3H3,(H,16,19)/t11-,13-/m0/s1. The SMILES string of the molecule is CC[C@@]1(C)CN(C(=O)N[C@@H](C)Cn2cncn2)CCO1. The highest BCUT2D eigenvalue weighted by Gasteiger charge is 2.32. The van der Waals surface area contributed by atoms with E-state index >= 15 is 0 Å². The molecule has 2 amide bonds. The van der Waals surface area contributed by atoms with Crippen LogP contribution in [0.4, 0.5) is 4.79 Å². The Bertz CT molecular complexity index is 436. The van der Waals surface area contributed by atoms with Gasteiger partial charge in [-0.25, -0.2) is 9.78 Å². The Kier molecular flexibility index (Phi) is 4.59. The van der Waals surface area contributed by atoms with Crippen molar-refractivity contribution < 1.29 is 9.53 Å². The van der Waals surface area contributed by atoms with Crippen molar-refractivity contribution in [2.75, 3.05) is 19.7 Å². The van der Waals surface area contributed by atoms with Crippen molar-refractivity contribution in [2.24, 2.45) is 0 Å². The van der Waals surface area contributed by atoms with Crippen LogP contribution < -0.4 is 5.32 Å². The summed E-state index contributed by atoms with van der Waals surface area (Å²) in [5.74, 6) is 0. The average Bonchev–Trinajstić information content (AvgIpc) is 2.91. The first-order chi connectivity index (χ1) is 9.52. The molecule has 0 unspecified atom stereocenters. The van der Waals surface area contributed by atoms with Gasteiger partial charge in [0.2, 0.25) is 0 Å². The fourth-order valence-electron chi connectivity index (χ4n) is 2.27. The number of urea groups is 1. The molecule has 2 atom stereocenters. The third-order valence-corrected chi connectivity index (χ3v) is 3.67. The lowest BCUT2D eigenvalue weighted by Crippen LogP contribution is -2.55. The largest absolute Gasteiger partial charge is 0.372 e. The van der Waals surface area contributed by atoms with Gasteiger partial charge in [-0.3, -0.25) is 4.68 Å². The van der Waals surface area contributed by atoms with E-state index in [0.717, 1.165) is 6.42 Å². The van der Waals surface area contributed by atoms with Crippen molar-refractivity contribution in [3.05, 3.63) is 12.7 Å². The monoisotopic (exact) mass is 281 g/mol. The zero-order chi connectivity index (χ0) is 14.6. The van der Waals surface area contributed by atoms with Crippen molar-refractivity contribution in [1.29, 1.82) is 0 Å². The van der Waals surface area contributed by atoms with Crippen molar-refractivity contribution in [3.63, 3.8) is 0 Å². The molecule has 1 saturated heterocycles. The van der Waals surface area contributed by atoms with Gasteiger partial charge >= 0.3 is 6.03 Å². The van der Waals surface area contributed by atoms with Crippen molar-refractivity contribution >= 4 is 6.03 Å². The maximum Gasteiger partial charge on any atom is 0.317 e. The summed E-state index contributed by atoms with van der Waals surface area (Å²) in [5, 5.41) is 7.03. The summed E-state index contributed by atoms with van der Waals surface area (Å²) in [6.45, 7) is 8.55. The molecule has 0 aromatic carbocycles. The van der Waals surface area contributed by atoms with Crippen LogP contribution in [0.5, 0.6) is 0 Å². The lowest BCUT2D eigenvalue weighted by Gasteiger charge is -2.40. The van der Waals surface area contributed by atoms with Crippen molar-refractivity contribution in [2.45, 2.75) is 45.4 Å². The van der Waals surface area contributed by atoms with E-state index in [1.54, 1.807) is 11.0 Å². The van der Waals surface area contributed by atoms with Crippen molar-refractivity contribution in [1.82, 2.24) is 25.0 Å². The molecule has 0 saturated carbocycles. The maximum atomic E-state index is 12.3. The van der Waals surface area contributed by atoms with E-state index < -0.39 is 0 Å². The van der Waals surface area contributed by atoms with E-state index in [4.69, 9.17) is 4.74 Å². The molecule has 2 heterocycles. The fraction of sp³-hybridized carbons (Fsp3) is 0.769. The van der Waals surface area contributed by atoms with Gasteiger partial charge in [-0.05, 0) is 20.3 Å². The first kappa shape index (κ1) is 14.8. The predicted octanol–water partition coefficient (Wildman–Crippen LogP) is 0.877. The Balaban J connectivity index is 1.84. The summed E-state index contributed by atoms with van der Waals surface area (Å²) in [6.07, 6.45) is 4.03. The number of hydrogen-bond donors (Lipinski definition) is 1. The van der Waals surface area contributed by atoms with Crippen LogP contribution in [0.3, 0.4) is 0 Å². The normalized spacial score (nSPS) is 24.4. The Morgan fingerprint density at radius 2 is 2.40 bits per heavy atom. The summed E-state index contributed by atoms with van der Waals surface area (Å²) >= 11 is 0. The minimum absolute atomic E-state index is 0.0000671. The van der Waals surface area contributed by atoms with Crippen molar-refractivity contribution in [3.8, 4) is 0 Å². The lowest BCUT2D eigenvalue weighted by atomic mass is 10.0. The number of nitrogens with zero attached hydrogens (tertiary/aromatic N) is 4. The van der Waals surface area contributed by atoms with E-state index in [0.29, 0.717) is 26.2 Å². The molecule has 20 heavy (non-hydrogen) atoms. The van der Waals surface area contributed by atoms with Gasteiger partial charge in [-0.15, -0.1) is 0 Å². The number of rotatable bonds is 4. The Labute approximate surface area is 119 Å². The van der Waals surface area contributed by atoms with Crippen LogP contribution in [0, 0.1) is 0 Å². The predicted molar refractivity (Wildman–Crippen MR) is 74.2 cm³/mol. The molecule has 1 aliphatic rings. The molecule has 0 radical (unpaired) electrons. The molecule has 0 aliphatic carbocycles. The third-order valence-electron chi connectivity index (χ3n) is 3.67. The number of nitrogens with one attached hydrogen (secondary N) is 1. The Hall–Kier alpha value is -1.63. The number of carbonyl (C=O) groups is 1. The molecular formula is C13H23N5O2. The minimum Gasteiger partial charge on any atom is -0.372 e. The van der Waals surface area contributed by atoms with Gasteiger partial charge in [0.05, 0.1) is 25.3 Å². The second-order valence-corrected chi connectivity index (χ2v) is 5.54. The van der Waals surface area contributed by atoms with E-state index in [-0.39, 0.29) is 17.7 Å². The maximum absolute atomic E-state index is 12.3. The van der Waals surface area contributed by atoms with Crippen LogP contribution in [0.2, 0.25) is 0 Å². The molecule has 0 bridgehead atoms. The fourth-order valence-corrected chi connectivity index (χ4v) is 2.27. The van der Waals surface area contributed by atoms with Crippen LogP contribution >= 0.6 is 0 Å². The topological polar surface area (TPSA) is 72.3 Å². The first-order valence-electron chi connectivity index (χ1n) is 7.04. The highest BCUT2D eigenvalue weighted by molar-refractivity contribution is 5.74. The molecule has 1 N–H and O–H groups in total. The lowest BCUT2D eigenvalue weighted by molar-refractivity contribution is -0.0874. The quantitative estimate of drug-likeness (QED) is 0.889. The summed E-state index contributed by atoms with van der Waals surface area (Å²) in [5.41, 5.74) is -0.231. The molecule has 1 aliphatic heterocycles. The van der Waals surface area contributed by atoms with Crippen LogP contribution in [-0.2, 0) is 11.3 Å². The second-order valence-electron chi connectivity index (χ2n) is 5.54. The third kappa shape index (κ3) is 3.69. The Morgan fingerprint density at radius 1 is 1.60 bits per heavy atom. The van der Waals surface area contributed by atoms with Crippen LogP contribution in [0.1, 0.15) is 27.2 Å². The van der Waals surface area contributed by atoms with E-state index in [1.165, 1.54) is 6.33 Å². The molecular weight excluding hydrogens is 258 g/mol. The molecule has 0 spiro atoms. The number of hydrogen-bond acceptors (Lipinski definition) is 4. The zero-order valence-corrected chi connectivity index (χ0v) is 12.4. The molecule has 7 nitrogen and oxygen atoms in total. The summed E-state index contributed by atoms with van der Waals surface area (Å²) < 4.78 is 7.45. The molecule has 2 rings (SSSR count). The van der Waals surface area contributed by atoms with Gasteiger partial charge in [0.25, 0.3) is 0 Å².